The van der Waals surface area contributed by atoms with Gasteiger partial charge in [0.25, 0.3) is 0 Å². The first-order chi connectivity index (χ1) is 12.5. The number of nitrogens with one attached hydrogen (secondary N) is 1. The fourth-order valence-corrected chi connectivity index (χ4v) is 3.77. The molecule has 0 aromatic carbocycles. The zero-order chi connectivity index (χ0) is 18.8. The minimum absolute atomic E-state index is 0.213. The first-order valence-corrected chi connectivity index (χ1v) is 9.78. The number of halogens is 2. The summed E-state index contributed by atoms with van der Waals surface area (Å²) in [5.41, 5.74) is 5.06. The molecule has 3 rings (SSSR count). The third kappa shape index (κ3) is 6.82. The number of carbonyl (C=O) groups excluding carboxylic acids is 1. The molecule has 7 heteroatoms. The lowest BCUT2D eigenvalue weighted by atomic mass is 9.85. The molecule has 1 aliphatic heterocycles. The van der Waals surface area contributed by atoms with Crippen LogP contribution in [0.15, 0.2) is 18.5 Å². The van der Waals surface area contributed by atoms with Crippen LogP contribution in [0, 0.1) is 11.7 Å². The van der Waals surface area contributed by atoms with Crippen LogP contribution in [0.25, 0.3) is 0 Å². The predicted octanol–water partition coefficient (Wildman–Crippen LogP) is 3.46. The van der Waals surface area contributed by atoms with Gasteiger partial charge in [0, 0.05) is 19.4 Å². The number of amides is 1. The molecule has 0 radical (unpaired) electrons. The summed E-state index contributed by atoms with van der Waals surface area (Å²) >= 11 is 5.34. The molecule has 5 nitrogen and oxygen atoms in total. The zero-order valence-corrected chi connectivity index (χ0v) is 15.9. The van der Waals surface area contributed by atoms with Crippen LogP contribution in [0.5, 0.6) is 0 Å². The van der Waals surface area contributed by atoms with Crippen molar-refractivity contribution in [2.45, 2.75) is 56.9 Å². The van der Waals surface area contributed by atoms with E-state index in [2.05, 4.69) is 10.3 Å². The third-order valence-corrected chi connectivity index (χ3v) is 5.44. The molecule has 1 saturated heterocycles. The van der Waals surface area contributed by atoms with Gasteiger partial charge in [-0.3, -0.25) is 9.78 Å². The number of aromatic nitrogens is 1. The number of rotatable bonds is 5. The molecule has 1 aromatic rings. The van der Waals surface area contributed by atoms with Crippen molar-refractivity contribution in [2.24, 2.45) is 11.7 Å². The largest absolute Gasteiger partial charge is 0.381 e. The van der Waals surface area contributed by atoms with Crippen LogP contribution in [0.1, 0.15) is 51.4 Å². The SMILES string of the molecule is Fc1cncc(Cl)c1.NC(=O)C1(NCCC2CCCCC2)CCOCC1. The van der Waals surface area contributed by atoms with E-state index < -0.39 is 11.4 Å². The van der Waals surface area contributed by atoms with Gasteiger partial charge in [-0.15, -0.1) is 0 Å². The zero-order valence-electron chi connectivity index (χ0n) is 15.2. The Labute approximate surface area is 159 Å². The van der Waals surface area contributed by atoms with E-state index in [0.29, 0.717) is 31.1 Å². The van der Waals surface area contributed by atoms with E-state index in [1.165, 1.54) is 50.8 Å². The number of primary amides is 1. The number of hydrogen-bond donors (Lipinski definition) is 2. The fourth-order valence-electron chi connectivity index (χ4n) is 3.61. The Morgan fingerprint density at radius 2 is 2.00 bits per heavy atom. The lowest BCUT2D eigenvalue weighted by Crippen LogP contribution is -2.58. The van der Waals surface area contributed by atoms with E-state index in [-0.39, 0.29) is 5.91 Å². The maximum Gasteiger partial charge on any atom is 0.237 e. The molecule has 1 aliphatic carbocycles. The molecular weight excluding hydrogens is 357 g/mol. The van der Waals surface area contributed by atoms with Crippen LogP contribution in [0.4, 0.5) is 4.39 Å². The quantitative estimate of drug-likeness (QED) is 0.813. The van der Waals surface area contributed by atoms with E-state index in [1.807, 2.05) is 0 Å². The van der Waals surface area contributed by atoms with E-state index in [9.17, 15) is 9.18 Å². The Kier molecular flexibility index (Phi) is 8.75. The molecule has 2 heterocycles. The van der Waals surface area contributed by atoms with Crippen molar-refractivity contribution < 1.29 is 13.9 Å². The Morgan fingerprint density at radius 1 is 1.31 bits per heavy atom. The first kappa shape index (κ1) is 21.1. The van der Waals surface area contributed by atoms with E-state index in [1.54, 1.807) is 0 Å². The summed E-state index contributed by atoms with van der Waals surface area (Å²) in [5.74, 6) is 0.225. The van der Waals surface area contributed by atoms with E-state index >= 15 is 0 Å². The number of hydrogen-bond acceptors (Lipinski definition) is 4. The highest BCUT2D eigenvalue weighted by atomic mass is 35.5. The van der Waals surface area contributed by atoms with Crippen LogP contribution in [0.2, 0.25) is 5.02 Å². The Hall–Kier alpha value is -1.24. The highest BCUT2D eigenvalue weighted by molar-refractivity contribution is 6.30. The lowest BCUT2D eigenvalue weighted by Gasteiger charge is -2.35. The summed E-state index contributed by atoms with van der Waals surface area (Å²) in [4.78, 5) is 15.1. The number of carbonyl (C=O) groups is 1. The van der Waals surface area contributed by atoms with Crippen LogP contribution in [-0.4, -0.2) is 36.2 Å². The summed E-state index contributed by atoms with van der Waals surface area (Å²) in [6, 6.07) is 1.20. The first-order valence-electron chi connectivity index (χ1n) is 9.40. The number of pyridine rings is 1. The van der Waals surface area contributed by atoms with Gasteiger partial charge in [-0.25, -0.2) is 4.39 Å². The van der Waals surface area contributed by atoms with Crippen molar-refractivity contribution in [3.8, 4) is 0 Å². The summed E-state index contributed by atoms with van der Waals surface area (Å²) < 4.78 is 17.3. The van der Waals surface area contributed by atoms with E-state index in [4.69, 9.17) is 22.1 Å². The van der Waals surface area contributed by atoms with Crippen LogP contribution < -0.4 is 11.1 Å². The fraction of sp³-hybridized carbons (Fsp3) is 0.684. The van der Waals surface area contributed by atoms with Gasteiger partial charge in [0.1, 0.15) is 11.4 Å². The molecule has 1 aromatic heterocycles. The average Bonchev–Trinajstić information content (AvgIpc) is 2.64. The molecule has 2 fully saturated rings. The Morgan fingerprint density at radius 3 is 2.54 bits per heavy atom. The summed E-state index contributed by atoms with van der Waals surface area (Å²) in [5, 5.41) is 3.75. The van der Waals surface area contributed by atoms with Crippen molar-refractivity contribution in [2.75, 3.05) is 19.8 Å². The second-order valence-electron chi connectivity index (χ2n) is 7.10. The molecule has 1 saturated carbocycles. The molecule has 0 bridgehead atoms. The van der Waals surface area contributed by atoms with Crippen molar-refractivity contribution in [1.29, 1.82) is 0 Å². The average molecular weight is 386 g/mol. The molecule has 146 valence electrons. The van der Waals surface area contributed by atoms with Gasteiger partial charge < -0.3 is 15.8 Å². The Bertz CT molecular complexity index is 544. The van der Waals surface area contributed by atoms with Crippen molar-refractivity contribution in [3.63, 3.8) is 0 Å². The molecule has 0 spiro atoms. The number of nitrogens with zero attached hydrogens (tertiary/aromatic N) is 1. The van der Waals surface area contributed by atoms with Gasteiger partial charge in [0.05, 0.1) is 11.2 Å². The highest BCUT2D eigenvalue weighted by Crippen LogP contribution is 2.27. The molecular formula is C19H29ClFN3O2. The predicted molar refractivity (Wildman–Crippen MR) is 100 cm³/mol. The van der Waals surface area contributed by atoms with Crippen LogP contribution in [-0.2, 0) is 9.53 Å². The third-order valence-electron chi connectivity index (χ3n) is 5.23. The van der Waals surface area contributed by atoms with Gasteiger partial charge in [-0.1, -0.05) is 43.7 Å². The highest BCUT2D eigenvalue weighted by Gasteiger charge is 2.37. The summed E-state index contributed by atoms with van der Waals surface area (Å²) in [7, 11) is 0. The minimum atomic E-state index is -0.507. The van der Waals surface area contributed by atoms with Crippen LogP contribution in [0.3, 0.4) is 0 Å². The van der Waals surface area contributed by atoms with Gasteiger partial charge in [0.2, 0.25) is 5.91 Å². The van der Waals surface area contributed by atoms with Gasteiger partial charge in [-0.2, -0.15) is 0 Å². The minimum Gasteiger partial charge on any atom is -0.381 e. The van der Waals surface area contributed by atoms with Gasteiger partial charge in [-0.05, 0) is 37.8 Å². The van der Waals surface area contributed by atoms with Crippen molar-refractivity contribution >= 4 is 17.5 Å². The Balaban J connectivity index is 0.000000254. The molecule has 1 amide bonds. The maximum atomic E-state index is 12.0. The van der Waals surface area contributed by atoms with Gasteiger partial charge in [0.15, 0.2) is 0 Å². The smallest absolute Gasteiger partial charge is 0.237 e. The standard InChI is InChI=1S/C14H26N2O2.C5H3ClFN/c15-13(17)14(7-10-18-11-8-14)16-9-6-12-4-2-1-3-5-12;6-4-1-5(7)3-8-2-4/h12,16H,1-11H2,(H2,15,17);1-3H. The second kappa shape index (κ2) is 10.8. The monoisotopic (exact) mass is 385 g/mol. The molecule has 26 heavy (non-hydrogen) atoms. The molecule has 2 aliphatic rings. The normalized spacial score (nSPS) is 20.1. The molecule has 0 unspecified atom stereocenters. The maximum absolute atomic E-state index is 12.0. The number of ether oxygens (including phenoxy) is 1. The molecule has 3 N–H and O–H groups in total. The van der Waals surface area contributed by atoms with Crippen molar-refractivity contribution in [1.82, 2.24) is 10.3 Å². The van der Waals surface area contributed by atoms with Crippen molar-refractivity contribution in [3.05, 3.63) is 29.3 Å². The topological polar surface area (TPSA) is 77.2 Å². The lowest BCUT2D eigenvalue weighted by molar-refractivity contribution is -0.128. The summed E-state index contributed by atoms with van der Waals surface area (Å²) in [6.07, 6.45) is 11.9. The second-order valence-corrected chi connectivity index (χ2v) is 7.54. The number of nitrogens with two attached hydrogens (primary N) is 1. The van der Waals surface area contributed by atoms with E-state index in [0.717, 1.165) is 18.7 Å². The van der Waals surface area contributed by atoms with Crippen LogP contribution >= 0.6 is 11.6 Å². The summed E-state index contributed by atoms with van der Waals surface area (Å²) in [6.45, 7) is 2.19. The van der Waals surface area contributed by atoms with Gasteiger partial charge >= 0.3 is 0 Å². The molecule has 0 atom stereocenters.